The fourth-order valence-corrected chi connectivity index (χ4v) is 4.24. The van der Waals surface area contributed by atoms with E-state index in [1.165, 1.54) is 11.9 Å². The second kappa shape index (κ2) is 29.9. The molecule has 0 aromatic carbocycles. The lowest BCUT2D eigenvalue weighted by atomic mass is 10.4. The summed E-state index contributed by atoms with van der Waals surface area (Å²) in [6.45, 7) is 39.8. The average Bonchev–Trinajstić information content (AvgIpc) is 2.87. The average molecular weight is 587 g/mol. The van der Waals surface area contributed by atoms with E-state index in [1.54, 1.807) is 0 Å². The van der Waals surface area contributed by atoms with Crippen LogP contribution in [0.5, 0.6) is 0 Å². The van der Waals surface area contributed by atoms with Crippen LogP contribution in [0.15, 0.2) is 0 Å². The molecule has 0 fully saturated rings. The first-order valence-electron chi connectivity index (χ1n) is 14.4. The van der Waals surface area contributed by atoms with E-state index in [-0.39, 0.29) is 30.8 Å². The van der Waals surface area contributed by atoms with E-state index in [1.807, 2.05) is 0 Å². The zero-order valence-electron chi connectivity index (χ0n) is 27.1. The Morgan fingerprint density at radius 2 is 0.579 bits per heavy atom. The molecular formula is C27H65Cl2N9. The van der Waals surface area contributed by atoms with E-state index in [9.17, 15) is 0 Å². The van der Waals surface area contributed by atoms with Crippen molar-refractivity contribution in [2.24, 2.45) is 11.5 Å². The van der Waals surface area contributed by atoms with Crippen molar-refractivity contribution in [2.75, 3.05) is 78.5 Å². The molecule has 0 radical (unpaired) electrons. The monoisotopic (exact) mass is 585 g/mol. The highest BCUT2D eigenvalue weighted by Gasteiger charge is 2.25. The minimum absolute atomic E-state index is 0. The Hall–Kier alpha value is -1.61. The number of halogens is 2. The van der Waals surface area contributed by atoms with Gasteiger partial charge in [0.05, 0.1) is 78.5 Å². The Bertz CT molecular complexity index is 507. The SMILES string of the molecule is CCN(CC)C(N(CC)CC)=[N+](CC)CC.CCN(CC)C(N(CC)CC)=[N+](CC)CC.N=C(N)N.[Cl-].[Cl-]. The van der Waals surface area contributed by atoms with Crippen LogP contribution in [0.25, 0.3) is 0 Å². The van der Waals surface area contributed by atoms with Gasteiger partial charge in [0.2, 0.25) is 0 Å². The summed E-state index contributed by atoms with van der Waals surface area (Å²) in [5, 5.41) is 6.06. The molecule has 0 amide bonds. The number of nitrogens with one attached hydrogen (secondary N) is 1. The normalized spacial score (nSPS) is 9.16. The zero-order valence-corrected chi connectivity index (χ0v) is 28.6. The number of rotatable bonds is 12. The Kier molecular flexibility index (Phi) is 36.4. The van der Waals surface area contributed by atoms with Gasteiger partial charge in [-0.25, -0.2) is 0 Å². The van der Waals surface area contributed by atoms with Gasteiger partial charge >= 0.3 is 11.9 Å². The van der Waals surface area contributed by atoms with Crippen LogP contribution in [-0.2, 0) is 0 Å². The summed E-state index contributed by atoms with van der Waals surface area (Å²) in [4.78, 5) is 9.83. The van der Waals surface area contributed by atoms with E-state index in [0.29, 0.717) is 0 Å². The van der Waals surface area contributed by atoms with Crippen molar-refractivity contribution < 1.29 is 34.0 Å². The quantitative estimate of drug-likeness (QED) is 0.128. The molecule has 11 heteroatoms. The molecule has 0 rings (SSSR count). The Morgan fingerprint density at radius 3 is 0.658 bits per heavy atom. The van der Waals surface area contributed by atoms with Gasteiger partial charge < -0.3 is 36.3 Å². The smallest absolute Gasteiger partial charge is 0.350 e. The number of hydrogen-bond donors (Lipinski definition) is 3. The van der Waals surface area contributed by atoms with Crippen molar-refractivity contribution in [3.63, 3.8) is 0 Å². The minimum Gasteiger partial charge on any atom is -1.00 e. The molecule has 0 aliphatic rings. The van der Waals surface area contributed by atoms with Crippen molar-refractivity contribution in [2.45, 2.75) is 83.1 Å². The molecule has 38 heavy (non-hydrogen) atoms. The zero-order chi connectivity index (χ0) is 28.7. The van der Waals surface area contributed by atoms with Crippen LogP contribution >= 0.6 is 0 Å². The van der Waals surface area contributed by atoms with E-state index < -0.39 is 0 Å². The maximum atomic E-state index is 6.06. The lowest BCUT2D eigenvalue weighted by Crippen LogP contribution is -3.00. The fourth-order valence-electron chi connectivity index (χ4n) is 4.24. The third-order valence-electron chi connectivity index (χ3n) is 6.28. The van der Waals surface area contributed by atoms with E-state index in [0.717, 1.165) is 78.5 Å². The summed E-state index contributed by atoms with van der Waals surface area (Å²) in [5.41, 5.74) is 8.94. The highest BCUT2D eigenvalue weighted by atomic mass is 35.5. The third kappa shape index (κ3) is 17.8. The molecule has 0 aliphatic carbocycles. The van der Waals surface area contributed by atoms with E-state index >= 15 is 0 Å². The van der Waals surface area contributed by atoms with Crippen molar-refractivity contribution in [1.29, 1.82) is 5.41 Å². The van der Waals surface area contributed by atoms with Gasteiger partial charge in [-0.3, -0.25) is 34.2 Å². The van der Waals surface area contributed by atoms with Gasteiger partial charge in [-0.05, 0) is 83.1 Å². The highest BCUT2D eigenvalue weighted by molar-refractivity contribution is 5.75. The van der Waals surface area contributed by atoms with Gasteiger partial charge in [-0.2, -0.15) is 0 Å². The van der Waals surface area contributed by atoms with Crippen LogP contribution in [0, 0.1) is 5.41 Å². The summed E-state index contributed by atoms with van der Waals surface area (Å²) in [5.74, 6) is 2.47. The Balaban J connectivity index is -0.000000160. The number of hydrogen-bond acceptors (Lipinski definition) is 1. The second-order valence-corrected chi connectivity index (χ2v) is 8.09. The van der Waals surface area contributed by atoms with Gasteiger partial charge in [0.25, 0.3) is 0 Å². The van der Waals surface area contributed by atoms with Crippen molar-refractivity contribution >= 4 is 17.9 Å². The van der Waals surface area contributed by atoms with E-state index in [2.05, 4.69) is 123 Å². The first-order chi connectivity index (χ1) is 17.1. The molecule has 0 saturated heterocycles. The van der Waals surface area contributed by atoms with Gasteiger partial charge in [-0.15, -0.1) is 0 Å². The molecule has 0 bridgehead atoms. The topological polar surface area (TPSA) is 94.9 Å². The van der Waals surface area contributed by atoms with Crippen LogP contribution in [0.4, 0.5) is 0 Å². The minimum atomic E-state index is -0.333. The van der Waals surface area contributed by atoms with Crippen LogP contribution in [0.3, 0.4) is 0 Å². The molecule has 0 unspecified atom stereocenters. The lowest BCUT2D eigenvalue weighted by Gasteiger charge is -2.27. The van der Waals surface area contributed by atoms with Crippen LogP contribution in [0.1, 0.15) is 83.1 Å². The molecule has 0 aromatic heterocycles. The number of nitrogens with zero attached hydrogens (tertiary/aromatic N) is 6. The molecule has 9 nitrogen and oxygen atoms in total. The maximum Gasteiger partial charge on any atom is 0.350 e. The summed E-state index contributed by atoms with van der Waals surface area (Å²) in [6, 6.07) is 0. The largest absolute Gasteiger partial charge is 1.00 e. The number of guanidine groups is 3. The molecule has 232 valence electrons. The Labute approximate surface area is 249 Å². The van der Waals surface area contributed by atoms with Crippen LogP contribution in [0.2, 0.25) is 0 Å². The molecule has 5 N–H and O–H groups in total. The summed E-state index contributed by atoms with van der Waals surface area (Å²) >= 11 is 0. The molecule has 0 atom stereocenters. The van der Waals surface area contributed by atoms with Crippen molar-refractivity contribution in [1.82, 2.24) is 19.6 Å². The predicted molar refractivity (Wildman–Crippen MR) is 160 cm³/mol. The van der Waals surface area contributed by atoms with E-state index in [4.69, 9.17) is 5.41 Å². The molecular weight excluding hydrogens is 521 g/mol. The van der Waals surface area contributed by atoms with Crippen LogP contribution < -0.4 is 36.3 Å². The lowest BCUT2D eigenvalue weighted by molar-refractivity contribution is -0.531. The molecule has 0 spiro atoms. The maximum absolute atomic E-state index is 6.06. The van der Waals surface area contributed by atoms with Crippen LogP contribution in [-0.4, -0.2) is 125 Å². The number of nitrogens with two attached hydrogens (primary N) is 2. The Morgan fingerprint density at radius 1 is 0.447 bits per heavy atom. The van der Waals surface area contributed by atoms with Crippen molar-refractivity contribution in [3.05, 3.63) is 0 Å². The second-order valence-electron chi connectivity index (χ2n) is 8.09. The molecule has 0 aliphatic heterocycles. The summed E-state index contributed by atoms with van der Waals surface area (Å²) < 4.78 is 4.92. The molecule has 0 heterocycles. The standard InChI is InChI=1S/2C13H30N3.CH5N3.2ClH/c2*1-7-14(8-2)13(15(9-3)10-4)16(11-5)12-6;2-1(3)4;;/h2*7-12H2,1-6H3;(H5,2,3,4);2*1H/q2*+1;;;/p-2. The predicted octanol–water partition coefficient (Wildman–Crippen LogP) is -3.00. The highest BCUT2D eigenvalue weighted by Crippen LogP contribution is 2.01. The van der Waals surface area contributed by atoms with Gasteiger partial charge in [0.15, 0.2) is 5.96 Å². The first-order valence-corrected chi connectivity index (χ1v) is 14.4. The van der Waals surface area contributed by atoms with Gasteiger partial charge in [0, 0.05) is 0 Å². The first kappa shape index (κ1) is 46.3. The molecule has 0 saturated carbocycles. The van der Waals surface area contributed by atoms with Gasteiger partial charge in [0.1, 0.15) is 0 Å². The summed E-state index contributed by atoms with van der Waals surface area (Å²) in [6.07, 6.45) is 0. The third-order valence-corrected chi connectivity index (χ3v) is 6.28. The fraction of sp³-hybridized carbons (Fsp3) is 0.889. The summed E-state index contributed by atoms with van der Waals surface area (Å²) in [7, 11) is 0. The van der Waals surface area contributed by atoms with Crippen molar-refractivity contribution in [3.8, 4) is 0 Å². The molecule has 0 aromatic rings. The van der Waals surface area contributed by atoms with Gasteiger partial charge in [-0.1, -0.05) is 0 Å².